The number of halogens is 2. The van der Waals surface area contributed by atoms with Gasteiger partial charge in [0.15, 0.2) is 23.1 Å². The first-order valence-electron chi connectivity index (χ1n) is 8.89. The van der Waals surface area contributed by atoms with Gasteiger partial charge in [0.05, 0.1) is 18.3 Å². The minimum Gasteiger partial charge on any atom is -0.494 e. The normalized spacial score (nSPS) is 19.9. The van der Waals surface area contributed by atoms with Crippen LogP contribution >= 0.6 is 0 Å². The third-order valence-corrected chi connectivity index (χ3v) is 4.47. The predicted molar refractivity (Wildman–Crippen MR) is 92.7 cm³/mol. The molecule has 1 saturated carbocycles. The van der Waals surface area contributed by atoms with Crippen LogP contribution in [0.1, 0.15) is 57.0 Å². The maximum Gasteiger partial charge on any atom is 0.217 e. The second kappa shape index (κ2) is 7.94. The number of benzene rings is 1. The lowest BCUT2D eigenvalue weighted by molar-refractivity contribution is -0.119. The number of hydrogen-bond donors (Lipinski definition) is 1. The standard InChI is InChI=1S/C19H22F2N2O4/c1-4-25-13-7-15(20)19(16(21)8-13)26-14-5-12(6-14)17-9-18(27-23-17)10(2)22-11(3)24/h7-10,12,14H,4-6H2,1-3H3,(H,22,24)/t10-,12?,14?/m0/s1. The van der Waals surface area contributed by atoms with Crippen molar-refractivity contribution in [3.05, 3.63) is 41.3 Å². The number of carbonyl (C=O) groups excluding carboxylic acids is 1. The Bertz CT molecular complexity index is 795. The lowest BCUT2D eigenvalue weighted by Gasteiger charge is -2.34. The first kappa shape index (κ1) is 19.1. The fraction of sp³-hybridized carbons (Fsp3) is 0.474. The number of nitrogens with zero attached hydrogens (tertiary/aromatic N) is 1. The molecule has 1 aromatic carbocycles. The van der Waals surface area contributed by atoms with Crippen LogP contribution in [0.15, 0.2) is 22.7 Å². The molecule has 1 fully saturated rings. The summed E-state index contributed by atoms with van der Waals surface area (Å²) in [6, 6.07) is 3.75. The summed E-state index contributed by atoms with van der Waals surface area (Å²) in [5, 5.41) is 6.75. The molecule has 0 radical (unpaired) electrons. The molecule has 1 aliphatic carbocycles. The van der Waals surface area contributed by atoms with Gasteiger partial charge in [-0.25, -0.2) is 8.78 Å². The smallest absolute Gasteiger partial charge is 0.217 e. The first-order chi connectivity index (χ1) is 12.9. The lowest BCUT2D eigenvalue weighted by atomic mass is 9.80. The quantitative estimate of drug-likeness (QED) is 0.789. The van der Waals surface area contributed by atoms with Crippen molar-refractivity contribution in [2.45, 2.75) is 51.7 Å². The van der Waals surface area contributed by atoms with E-state index < -0.39 is 11.6 Å². The summed E-state index contributed by atoms with van der Waals surface area (Å²) in [5.74, 6) is -1.32. The molecule has 0 aliphatic heterocycles. The summed E-state index contributed by atoms with van der Waals surface area (Å²) in [6.07, 6.45) is 0.851. The van der Waals surface area contributed by atoms with Crippen molar-refractivity contribution in [2.75, 3.05) is 6.61 Å². The highest BCUT2D eigenvalue weighted by molar-refractivity contribution is 5.73. The molecule has 3 rings (SSSR count). The molecule has 6 nitrogen and oxygen atoms in total. The van der Waals surface area contributed by atoms with Gasteiger partial charge in [-0.1, -0.05) is 5.16 Å². The fourth-order valence-corrected chi connectivity index (χ4v) is 3.05. The summed E-state index contributed by atoms with van der Waals surface area (Å²) in [4.78, 5) is 11.1. The van der Waals surface area contributed by atoms with Crippen LogP contribution in [0.25, 0.3) is 0 Å². The molecular formula is C19H22F2N2O4. The molecule has 1 aliphatic rings. The zero-order chi connectivity index (χ0) is 19.6. The van der Waals surface area contributed by atoms with E-state index in [1.807, 2.05) is 0 Å². The number of rotatable bonds is 7. The van der Waals surface area contributed by atoms with Gasteiger partial charge in [-0.3, -0.25) is 4.79 Å². The molecule has 1 aromatic heterocycles. The molecule has 0 saturated heterocycles. The van der Waals surface area contributed by atoms with Gasteiger partial charge in [0.1, 0.15) is 11.9 Å². The average Bonchev–Trinajstić information content (AvgIpc) is 3.01. The largest absolute Gasteiger partial charge is 0.494 e. The number of amides is 1. The van der Waals surface area contributed by atoms with E-state index in [-0.39, 0.29) is 35.5 Å². The highest BCUT2D eigenvalue weighted by atomic mass is 19.1. The van der Waals surface area contributed by atoms with Crippen LogP contribution in [0.4, 0.5) is 8.78 Å². The lowest BCUT2D eigenvalue weighted by Crippen LogP contribution is -2.33. The highest BCUT2D eigenvalue weighted by Crippen LogP contribution is 2.40. The number of ether oxygens (including phenoxy) is 2. The number of carbonyl (C=O) groups is 1. The van der Waals surface area contributed by atoms with Crippen molar-refractivity contribution in [1.82, 2.24) is 10.5 Å². The van der Waals surface area contributed by atoms with Crippen molar-refractivity contribution in [3.63, 3.8) is 0 Å². The summed E-state index contributed by atoms with van der Waals surface area (Å²) in [5.41, 5.74) is 0.745. The van der Waals surface area contributed by atoms with Gasteiger partial charge in [0.25, 0.3) is 0 Å². The highest BCUT2D eigenvalue weighted by Gasteiger charge is 2.35. The topological polar surface area (TPSA) is 73.6 Å². The Morgan fingerprint density at radius 2 is 2.00 bits per heavy atom. The molecule has 8 heteroatoms. The molecule has 27 heavy (non-hydrogen) atoms. The Balaban J connectivity index is 1.57. The van der Waals surface area contributed by atoms with Crippen LogP contribution in [0.3, 0.4) is 0 Å². The maximum absolute atomic E-state index is 14.1. The van der Waals surface area contributed by atoms with E-state index in [0.29, 0.717) is 25.2 Å². The van der Waals surface area contributed by atoms with E-state index in [9.17, 15) is 13.6 Å². The van der Waals surface area contributed by atoms with E-state index in [0.717, 1.165) is 17.8 Å². The summed E-state index contributed by atoms with van der Waals surface area (Å²) < 4.78 is 44.0. The zero-order valence-electron chi connectivity index (χ0n) is 15.4. The zero-order valence-corrected chi connectivity index (χ0v) is 15.4. The van der Waals surface area contributed by atoms with Crippen LogP contribution in [-0.2, 0) is 4.79 Å². The van der Waals surface area contributed by atoms with Crippen LogP contribution < -0.4 is 14.8 Å². The van der Waals surface area contributed by atoms with Crippen molar-refractivity contribution < 1.29 is 27.6 Å². The molecule has 146 valence electrons. The monoisotopic (exact) mass is 380 g/mol. The molecule has 1 N–H and O–H groups in total. The van der Waals surface area contributed by atoms with Crippen molar-refractivity contribution in [2.24, 2.45) is 0 Å². The molecule has 1 heterocycles. The maximum atomic E-state index is 14.1. The Labute approximate surface area is 155 Å². The van der Waals surface area contributed by atoms with Crippen LogP contribution in [0, 0.1) is 11.6 Å². The van der Waals surface area contributed by atoms with E-state index in [2.05, 4.69) is 10.5 Å². The molecule has 0 bridgehead atoms. The van der Waals surface area contributed by atoms with Crippen molar-refractivity contribution >= 4 is 5.91 Å². The van der Waals surface area contributed by atoms with Crippen molar-refractivity contribution in [3.8, 4) is 11.5 Å². The molecule has 0 spiro atoms. The fourth-order valence-electron chi connectivity index (χ4n) is 3.05. The third kappa shape index (κ3) is 4.37. The van der Waals surface area contributed by atoms with Gasteiger partial charge in [-0.05, 0) is 26.7 Å². The Hall–Kier alpha value is -2.64. The number of aromatic nitrogens is 1. The first-order valence-corrected chi connectivity index (χ1v) is 8.89. The van der Waals surface area contributed by atoms with Gasteiger partial charge < -0.3 is 19.3 Å². The van der Waals surface area contributed by atoms with Gasteiger partial charge >= 0.3 is 0 Å². The second-order valence-electron chi connectivity index (χ2n) is 6.63. The van der Waals surface area contributed by atoms with Gasteiger partial charge in [0, 0.05) is 31.0 Å². The van der Waals surface area contributed by atoms with E-state index in [1.54, 1.807) is 19.9 Å². The van der Waals surface area contributed by atoms with E-state index >= 15 is 0 Å². The van der Waals surface area contributed by atoms with Gasteiger partial charge in [-0.2, -0.15) is 0 Å². The average molecular weight is 380 g/mol. The Morgan fingerprint density at radius 1 is 1.33 bits per heavy atom. The second-order valence-corrected chi connectivity index (χ2v) is 6.63. The minimum atomic E-state index is -0.783. The number of hydrogen-bond acceptors (Lipinski definition) is 5. The summed E-state index contributed by atoms with van der Waals surface area (Å²) >= 11 is 0. The summed E-state index contributed by atoms with van der Waals surface area (Å²) in [7, 11) is 0. The van der Waals surface area contributed by atoms with Crippen LogP contribution in [-0.4, -0.2) is 23.8 Å². The van der Waals surface area contributed by atoms with Gasteiger partial charge in [-0.15, -0.1) is 0 Å². The van der Waals surface area contributed by atoms with Crippen LogP contribution in [0.5, 0.6) is 11.5 Å². The molecule has 0 unspecified atom stereocenters. The minimum absolute atomic E-state index is 0.0887. The van der Waals surface area contributed by atoms with Crippen LogP contribution in [0.2, 0.25) is 0 Å². The number of nitrogens with one attached hydrogen (secondary N) is 1. The third-order valence-electron chi connectivity index (χ3n) is 4.47. The molecule has 1 amide bonds. The van der Waals surface area contributed by atoms with E-state index in [1.165, 1.54) is 6.92 Å². The van der Waals surface area contributed by atoms with E-state index in [4.69, 9.17) is 14.0 Å². The Kier molecular flexibility index (Phi) is 5.62. The van der Waals surface area contributed by atoms with Gasteiger partial charge in [0.2, 0.25) is 5.91 Å². The molecule has 1 atom stereocenters. The SMILES string of the molecule is CCOc1cc(F)c(OC2CC(c3cc([C@H](C)NC(C)=O)on3)C2)c(F)c1. The molecule has 2 aromatic rings. The Morgan fingerprint density at radius 3 is 2.59 bits per heavy atom. The molecular weight excluding hydrogens is 358 g/mol. The van der Waals surface area contributed by atoms with Crippen molar-refractivity contribution in [1.29, 1.82) is 0 Å². The summed E-state index contributed by atoms with van der Waals surface area (Å²) in [6.45, 7) is 5.29. The predicted octanol–water partition coefficient (Wildman–Crippen LogP) is 3.87.